The van der Waals surface area contributed by atoms with Gasteiger partial charge in [-0.05, 0) is 36.1 Å². The first-order chi connectivity index (χ1) is 7.72. The summed E-state index contributed by atoms with van der Waals surface area (Å²) in [4.78, 5) is 0. The van der Waals surface area contributed by atoms with Crippen molar-refractivity contribution in [2.75, 3.05) is 6.54 Å². The number of phenols is 1. The molecule has 2 N–H and O–H groups in total. The van der Waals surface area contributed by atoms with Crippen molar-refractivity contribution >= 4 is 0 Å². The average Bonchev–Trinajstić information content (AvgIpc) is 2.21. The van der Waals surface area contributed by atoms with E-state index < -0.39 is 0 Å². The highest BCUT2D eigenvalue weighted by Crippen LogP contribution is 2.27. The molecular weight excluding hydrogens is 202 g/mol. The molecule has 3 aliphatic rings. The number of hydrogen-bond acceptors (Lipinski definition) is 2. The molecule has 2 bridgehead atoms. The van der Waals surface area contributed by atoms with Gasteiger partial charge in [0.2, 0.25) is 0 Å². The molecule has 0 saturated carbocycles. The molecule has 2 heterocycles. The molecule has 1 aromatic rings. The minimum absolute atomic E-state index is 0.236. The van der Waals surface area contributed by atoms with Crippen LogP contribution in [0.25, 0.3) is 0 Å². The maximum Gasteiger partial charge on any atom is 0.115 e. The lowest BCUT2D eigenvalue weighted by Crippen LogP contribution is -3.13. The fourth-order valence-corrected chi connectivity index (χ4v) is 3.12. The smallest absolute Gasteiger partial charge is 0.115 e. The lowest BCUT2D eigenvalue weighted by atomic mass is 9.81. The van der Waals surface area contributed by atoms with E-state index >= 15 is 0 Å². The van der Waals surface area contributed by atoms with Gasteiger partial charge >= 0.3 is 0 Å². The van der Waals surface area contributed by atoms with Gasteiger partial charge in [0.15, 0.2) is 0 Å². The topological polar surface area (TPSA) is 47.7 Å². The van der Waals surface area contributed by atoms with Gasteiger partial charge in [-0.25, -0.2) is 0 Å². The third-order valence-electron chi connectivity index (χ3n) is 4.03. The third kappa shape index (κ3) is 1.70. The highest BCUT2D eigenvalue weighted by atomic mass is 16.5. The molecule has 86 valence electrons. The van der Waals surface area contributed by atoms with Gasteiger partial charge in [0.25, 0.3) is 0 Å². The molecule has 0 aromatic heterocycles. The summed E-state index contributed by atoms with van der Waals surface area (Å²) in [6, 6.07) is 5.83. The Labute approximate surface area is 95.3 Å². The minimum atomic E-state index is 0.236. The molecule has 1 saturated heterocycles. The number of hydroxylamine groups is 2. The number of piperidine rings is 1. The molecule has 3 nitrogen and oxygen atoms in total. The largest absolute Gasteiger partial charge is 0.634 e. The van der Waals surface area contributed by atoms with Crippen molar-refractivity contribution in [1.29, 1.82) is 0 Å². The van der Waals surface area contributed by atoms with Crippen molar-refractivity contribution in [3.8, 4) is 5.75 Å². The molecule has 0 spiro atoms. The highest BCUT2D eigenvalue weighted by molar-refractivity contribution is 5.36. The normalized spacial score (nSPS) is 32.9. The van der Waals surface area contributed by atoms with E-state index in [-0.39, 0.29) is 6.04 Å². The molecule has 16 heavy (non-hydrogen) atoms. The van der Waals surface area contributed by atoms with Crippen LogP contribution in [-0.2, 0) is 12.8 Å². The zero-order valence-corrected chi connectivity index (χ0v) is 9.28. The number of phenolic OH excluding ortho intramolecular Hbond substituents is 1. The Kier molecular flexibility index (Phi) is 2.37. The molecule has 3 atom stereocenters. The van der Waals surface area contributed by atoms with Crippen LogP contribution in [0.3, 0.4) is 0 Å². The highest BCUT2D eigenvalue weighted by Gasteiger charge is 2.31. The standard InChI is InChI=1S/C13H17NO2/c15-13-4-2-10-6-12-3-1-9(8-14(12)16)5-11(10)7-13/h2,4,7,9,12,14-15H,1,3,5-6,8H2. The van der Waals surface area contributed by atoms with E-state index in [9.17, 15) is 10.3 Å². The molecule has 1 aromatic carbocycles. The van der Waals surface area contributed by atoms with E-state index in [0.717, 1.165) is 25.8 Å². The second kappa shape index (κ2) is 3.75. The van der Waals surface area contributed by atoms with Gasteiger partial charge in [0.1, 0.15) is 5.75 Å². The van der Waals surface area contributed by atoms with Crippen LogP contribution in [0.5, 0.6) is 5.75 Å². The molecule has 3 heteroatoms. The third-order valence-corrected chi connectivity index (χ3v) is 4.03. The van der Waals surface area contributed by atoms with Gasteiger partial charge < -0.3 is 15.4 Å². The predicted octanol–water partition coefficient (Wildman–Crippen LogP) is 0.652. The fraction of sp³-hybridized carbons (Fsp3) is 0.538. The van der Waals surface area contributed by atoms with E-state index in [2.05, 4.69) is 0 Å². The first-order valence-electron chi connectivity index (χ1n) is 6.06. The Morgan fingerprint density at radius 1 is 1.19 bits per heavy atom. The first-order valence-corrected chi connectivity index (χ1v) is 6.06. The fourth-order valence-electron chi connectivity index (χ4n) is 3.12. The molecule has 4 rings (SSSR count). The molecule has 0 amide bonds. The summed E-state index contributed by atoms with van der Waals surface area (Å²) >= 11 is 0. The van der Waals surface area contributed by atoms with E-state index in [1.165, 1.54) is 17.5 Å². The summed E-state index contributed by atoms with van der Waals surface area (Å²) < 4.78 is 0. The lowest BCUT2D eigenvalue weighted by Gasteiger charge is -2.41. The maximum absolute atomic E-state index is 11.9. The summed E-state index contributed by atoms with van der Waals surface area (Å²) in [6.45, 7) is 0.750. The van der Waals surface area contributed by atoms with Gasteiger partial charge in [-0.3, -0.25) is 0 Å². The molecule has 2 aliphatic heterocycles. The number of fused-ring (bicyclic) bond motifs is 2. The van der Waals surface area contributed by atoms with E-state index in [4.69, 9.17) is 0 Å². The predicted molar refractivity (Wildman–Crippen MR) is 61.2 cm³/mol. The van der Waals surface area contributed by atoms with Crippen molar-refractivity contribution in [3.63, 3.8) is 0 Å². The van der Waals surface area contributed by atoms with E-state index in [0.29, 0.717) is 16.7 Å². The molecule has 1 aliphatic carbocycles. The van der Waals surface area contributed by atoms with Crippen LogP contribution in [0.15, 0.2) is 18.2 Å². The zero-order valence-electron chi connectivity index (χ0n) is 9.28. The number of benzene rings is 1. The monoisotopic (exact) mass is 219 g/mol. The number of aromatic hydroxyl groups is 1. The van der Waals surface area contributed by atoms with Crippen LogP contribution in [0, 0.1) is 11.1 Å². The molecule has 1 fully saturated rings. The van der Waals surface area contributed by atoms with Crippen molar-refractivity contribution in [2.45, 2.75) is 31.7 Å². The van der Waals surface area contributed by atoms with Crippen LogP contribution in [0.2, 0.25) is 0 Å². The Bertz CT molecular complexity index is 405. The van der Waals surface area contributed by atoms with Crippen LogP contribution < -0.4 is 5.06 Å². The Balaban J connectivity index is 1.99. The SMILES string of the molecule is [O-][NH+]1CC2CCC1Cc1ccc(O)cc1C2. The first kappa shape index (κ1) is 10.1. The summed E-state index contributed by atoms with van der Waals surface area (Å²) in [5.74, 6) is 0.853. The molecule has 3 unspecified atom stereocenters. The molecular formula is C13H17NO2. The van der Waals surface area contributed by atoms with Crippen molar-refractivity contribution in [1.82, 2.24) is 0 Å². The molecule has 0 radical (unpaired) electrons. The number of rotatable bonds is 0. The van der Waals surface area contributed by atoms with Gasteiger partial charge in [-0.1, -0.05) is 6.07 Å². The van der Waals surface area contributed by atoms with Crippen molar-refractivity contribution < 1.29 is 10.2 Å². The summed E-state index contributed by atoms with van der Waals surface area (Å²) in [5.41, 5.74) is 2.52. The van der Waals surface area contributed by atoms with E-state index in [1.807, 2.05) is 12.1 Å². The number of quaternary nitrogens is 1. The Hall–Kier alpha value is -1.06. The van der Waals surface area contributed by atoms with Gasteiger partial charge in [-0.15, -0.1) is 0 Å². The summed E-state index contributed by atoms with van der Waals surface area (Å²) in [7, 11) is 0. The van der Waals surface area contributed by atoms with Crippen LogP contribution in [-0.4, -0.2) is 17.7 Å². The van der Waals surface area contributed by atoms with Gasteiger partial charge in [0.05, 0.1) is 12.6 Å². The Morgan fingerprint density at radius 2 is 2.06 bits per heavy atom. The number of hydrogen-bond donors (Lipinski definition) is 2. The quantitative estimate of drug-likeness (QED) is 0.629. The van der Waals surface area contributed by atoms with Crippen molar-refractivity contribution in [3.05, 3.63) is 34.5 Å². The maximum atomic E-state index is 11.9. The number of nitrogens with one attached hydrogen (secondary N) is 1. The Morgan fingerprint density at radius 3 is 2.88 bits per heavy atom. The second-order valence-corrected chi connectivity index (χ2v) is 5.17. The average molecular weight is 219 g/mol. The zero-order chi connectivity index (χ0) is 11.1. The van der Waals surface area contributed by atoms with Crippen LogP contribution in [0.1, 0.15) is 24.0 Å². The summed E-state index contributed by atoms with van der Waals surface area (Å²) in [5, 5.41) is 21.8. The second-order valence-electron chi connectivity index (χ2n) is 5.17. The lowest BCUT2D eigenvalue weighted by molar-refractivity contribution is -0.885. The van der Waals surface area contributed by atoms with Crippen LogP contribution in [0.4, 0.5) is 0 Å². The van der Waals surface area contributed by atoms with Gasteiger partial charge in [-0.2, -0.15) is 0 Å². The van der Waals surface area contributed by atoms with Gasteiger partial charge in [0, 0.05) is 18.8 Å². The van der Waals surface area contributed by atoms with Crippen molar-refractivity contribution in [2.24, 2.45) is 5.92 Å². The minimum Gasteiger partial charge on any atom is -0.634 e. The van der Waals surface area contributed by atoms with Crippen LogP contribution >= 0.6 is 0 Å². The summed E-state index contributed by atoms with van der Waals surface area (Å²) in [6.07, 6.45) is 4.07. The van der Waals surface area contributed by atoms with E-state index in [1.54, 1.807) is 6.07 Å².